The minimum absolute atomic E-state index is 0.106. The lowest BCUT2D eigenvalue weighted by Crippen LogP contribution is -2.34. The number of amidine groups is 1. The SMILES string of the molecule is C/C(N)=N/N(N)C(CCN(C)C)c1ccc2cc(F)ccc2c1. The van der Waals surface area contributed by atoms with E-state index in [-0.39, 0.29) is 11.9 Å². The molecule has 124 valence electrons. The number of hydrogen-bond donors (Lipinski definition) is 2. The van der Waals surface area contributed by atoms with Gasteiger partial charge in [0.05, 0.1) is 6.04 Å². The zero-order valence-electron chi connectivity index (χ0n) is 13.8. The number of rotatable bonds is 6. The van der Waals surface area contributed by atoms with Gasteiger partial charge in [0.2, 0.25) is 0 Å². The van der Waals surface area contributed by atoms with Crippen LogP contribution in [0.1, 0.15) is 24.9 Å². The number of nitrogens with zero attached hydrogens (tertiary/aromatic N) is 3. The van der Waals surface area contributed by atoms with Crippen molar-refractivity contribution in [1.29, 1.82) is 0 Å². The summed E-state index contributed by atoms with van der Waals surface area (Å²) in [6.45, 7) is 2.56. The van der Waals surface area contributed by atoms with Crippen LogP contribution in [0.25, 0.3) is 10.8 Å². The molecule has 0 aliphatic heterocycles. The molecule has 4 N–H and O–H groups in total. The largest absolute Gasteiger partial charge is 0.386 e. The summed E-state index contributed by atoms with van der Waals surface area (Å²) in [7, 11) is 4.02. The molecule has 0 aliphatic carbocycles. The van der Waals surface area contributed by atoms with Gasteiger partial charge in [-0.1, -0.05) is 18.2 Å². The third kappa shape index (κ3) is 4.64. The Hall–Kier alpha value is -2.18. The van der Waals surface area contributed by atoms with Crippen molar-refractivity contribution in [2.75, 3.05) is 20.6 Å². The molecule has 0 aliphatic rings. The average Bonchev–Trinajstić information content (AvgIpc) is 2.46. The van der Waals surface area contributed by atoms with Gasteiger partial charge in [0, 0.05) is 0 Å². The number of fused-ring (bicyclic) bond motifs is 1. The number of hydrazine groups is 1. The topological polar surface area (TPSA) is 70.9 Å². The molecule has 0 spiro atoms. The zero-order chi connectivity index (χ0) is 17.0. The summed E-state index contributed by atoms with van der Waals surface area (Å²) in [5.41, 5.74) is 6.67. The minimum atomic E-state index is -0.238. The summed E-state index contributed by atoms with van der Waals surface area (Å²) < 4.78 is 13.3. The Bertz CT molecular complexity index is 694. The number of nitrogens with two attached hydrogens (primary N) is 2. The van der Waals surface area contributed by atoms with Crippen LogP contribution in [0.3, 0.4) is 0 Å². The fourth-order valence-corrected chi connectivity index (χ4v) is 2.53. The minimum Gasteiger partial charge on any atom is -0.386 e. The van der Waals surface area contributed by atoms with Gasteiger partial charge >= 0.3 is 0 Å². The summed E-state index contributed by atoms with van der Waals surface area (Å²) in [5.74, 6) is 6.26. The summed E-state index contributed by atoms with van der Waals surface area (Å²) in [6, 6.07) is 10.5. The van der Waals surface area contributed by atoms with Crippen molar-refractivity contribution in [2.24, 2.45) is 16.7 Å². The molecule has 5 nitrogen and oxygen atoms in total. The van der Waals surface area contributed by atoms with Gasteiger partial charge in [-0.2, -0.15) is 0 Å². The van der Waals surface area contributed by atoms with Gasteiger partial charge in [0.15, 0.2) is 0 Å². The van der Waals surface area contributed by atoms with E-state index in [1.54, 1.807) is 13.0 Å². The molecule has 0 amide bonds. The van der Waals surface area contributed by atoms with Crippen LogP contribution in [0.15, 0.2) is 41.5 Å². The van der Waals surface area contributed by atoms with Crippen molar-refractivity contribution in [1.82, 2.24) is 10.0 Å². The van der Waals surface area contributed by atoms with Crippen LogP contribution in [0.4, 0.5) is 4.39 Å². The van der Waals surface area contributed by atoms with Crippen LogP contribution in [0.5, 0.6) is 0 Å². The maximum atomic E-state index is 13.3. The van der Waals surface area contributed by atoms with Crippen molar-refractivity contribution in [3.8, 4) is 0 Å². The first kappa shape index (κ1) is 17.2. The summed E-state index contributed by atoms with van der Waals surface area (Å²) in [5, 5.41) is 7.40. The Balaban J connectivity index is 2.36. The molecular formula is C17H24FN5. The molecule has 1 unspecified atom stereocenters. The highest BCUT2D eigenvalue weighted by Gasteiger charge is 2.18. The number of benzene rings is 2. The second-order valence-corrected chi connectivity index (χ2v) is 5.98. The summed E-state index contributed by atoms with van der Waals surface area (Å²) in [4.78, 5) is 2.09. The molecule has 2 aromatic carbocycles. The van der Waals surface area contributed by atoms with E-state index in [4.69, 9.17) is 11.6 Å². The molecule has 0 saturated carbocycles. The van der Waals surface area contributed by atoms with Gasteiger partial charge in [0.25, 0.3) is 0 Å². The first-order chi connectivity index (χ1) is 10.9. The Morgan fingerprint density at radius 1 is 1.17 bits per heavy atom. The van der Waals surface area contributed by atoms with Crippen molar-refractivity contribution >= 4 is 16.6 Å². The molecule has 6 heteroatoms. The van der Waals surface area contributed by atoms with Crippen molar-refractivity contribution < 1.29 is 4.39 Å². The van der Waals surface area contributed by atoms with Gasteiger partial charge in [-0.3, -0.25) is 0 Å². The second-order valence-electron chi connectivity index (χ2n) is 5.98. The quantitative estimate of drug-likeness (QED) is 0.371. The first-order valence-electron chi connectivity index (χ1n) is 7.55. The molecule has 2 aromatic rings. The van der Waals surface area contributed by atoms with E-state index in [9.17, 15) is 4.39 Å². The second kappa shape index (κ2) is 7.39. The highest BCUT2D eigenvalue weighted by atomic mass is 19.1. The molecule has 0 aromatic heterocycles. The maximum absolute atomic E-state index is 13.3. The Kier molecular flexibility index (Phi) is 5.52. The van der Waals surface area contributed by atoms with Crippen LogP contribution >= 0.6 is 0 Å². The van der Waals surface area contributed by atoms with Crippen LogP contribution in [-0.4, -0.2) is 36.5 Å². The van der Waals surface area contributed by atoms with E-state index in [0.29, 0.717) is 5.84 Å². The summed E-state index contributed by atoms with van der Waals surface area (Å²) in [6.07, 6.45) is 0.799. The number of halogens is 1. The molecule has 0 radical (unpaired) electrons. The normalized spacial score (nSPS) is 13.6. The van der Waals surface area contributed by atoms with Gasteiger partial charge < -0.3 is 10.6 Å². The molecule has 23 heavy (non-hydrogen) atoms. The van der Waals surface area contributed by atoms with Gasteiger partial charge in [0.1, 0.15) is 11.7 Å². The van der Waals surface area contributed by atoms with E-state index >= 15 is 0 Å². The first-order valence-corrected chi connectivity index (χ1v) is 7.55. The van der Waals surface area contributed by atoms with E-state index in [1.165, 1.54) is 17.3 Å². The molecule has 0 fully saturated rings. The molecular weight excluding hydrogens is 293 g/mol. The van der Waals surface area contributed by atoms with E-state index in [2.05, 4.69) is 10.0 Å². The molecule has 2 rings (SSSR count). The van der Waals surface area contributed by atoms with Gasteiger partial charge in [-0.15, -0.1) is 5.10 Å². The van der Waals surface area contributed by atoms with Crippen molar-refractivity contribution in [3.63, 3.8) is 0 Å². The summed E-state index contributed by atoms with van der Waals surface area (Å²) >= 11 is 0. The third-order valence-corrected chi connectivity index (χ3v) is 3.65. The van der Waals surface area contributed by atoms with Gasteiger partial charge in [-0.05, 0) is 68.5 Å². The average molecular weight is 317 g/mol. The highest BCUT2D eigenvalue weighted by Crippen LogP contribution is 2.26. The Labute approximate surface area is 136 Å². The molecule has 0 bridgehead atoms. The van der Waals surface area contributed by atoms with Crippen LogP contribution in [0.2, 0.25) is 0 Å². The predicted octanol–water partition coefficient (Wildman–Crippen LogP) is 2.44. The lowest BCUT2D eigenvalue weighted by Gasteiger charge is -2.27. The van der Waals surface area contributed by atoms with Gasteiger partial charge in [-0.25, -0.2) is 15.4 Å². The van der Waals surface area contributed by atoms with E-state index in [1.807, 2.05) is 32.3 Å². The Morgan fingerprint density at radius 3 is 2.48 bits per heavy atom. The standard InChI is InChI=1S/C17H24FN5/c1-12(19)21-23(20)17(8-9-22(2)3)15-5-4-14-11-16(18)7-6-13(14)10-15/h4-7,10-11,17H,8-9,20H2,1-3H3,(H2,19,21). The van der Waals surface area contributed by atoms with Crippen molar-refractivity contribution in [3.05, 3.63) is 47.8 Å². The smallest absolute Gasteiger partial charge is 0.123 e. The number of hydrazone groups is 1. The fraction of sp³-hybridized carbons (Fsp3) is 0.353. The maximum Gasteiger partial charge on any atom is 0.123 e. The zero-order valence-corrected chi connectivity index (χ0v) is 13.8. The third-order valence-electron chi connectivity index (χ3n) is 3.65. The lowest BCUT2D eigenvalue weighted by atomic mass is 9.99. The van der Waals surface area contributed by atoms with Crippen LogP contribution in [0, 0.1) is 5.82 Å². The lowest BCUT2D eigenvalue weighted by molar-refractivity contribution is 0.186. The Morgan fingerprint density at radius 2 is 1.83 bits per heavy atom. The van der Waals surface area contributed by atoms with E-state index in [0.717, 1.165) is 29.3 Å². The van der Waals surface area contributed by atoms with Crippen molar-refractivity contribution in [2.45, 2.75) is 19.4 Å². The van der Waals surface area contributed by atoms with E-state index < -0.39 is 0 Å². The fourth-order valence-electron chi connectivity index (χ4n) is 2.53. The monoisotopic (exact) mass is 317 g/mol. The molecule has 0 saturated heterocycles. The molecule has 0 heterocycles. The van der Waals surface area contributed by atoms with Crippen LogP contribution < -0.4 is 11.6 Å². The highest BCUT2D eigenvalue weighted by molar-refractivity contribution is 5.83. The number of hydrogen-bond acceptors (Lipinski definition) is 4. The molecule has 1 atom stereocenters. The predicted molar refractivity (Wildman–Crippen MR) is 93.1 cm³/mol. The van der Waals surface area contributed by atoms with Crippen LogP contribution in [-0.2, 0) is 0 Å².